The van der Waals surface area contributed by atoms with Gasteiger partial charge in [0.2, 0.25) is 0 Å². The molecule has 2 aliphatic heterocycles. The topological polar surface area (TPSA) is 57.2 Å². The molecule has 0 spiro atoms. The van der Waals surface area contributed by atoms with E-state index in [0.29, 0.717) is 12.5 Å². The van der Waals surface area contributed by atoms with E-state index in [-0.39, 0.29) is 5.91 Å². The Bertz CT molecular complexity index is 647. The minimum Gasteiger partial charge on any atom is -0.381 e. The Morgan fingerprint density at radius 1 is 1.25 bits per heavy atom. The number of benzene rings is 1. The minimum atomic E-state index is 0.154. The summed E-state index contributed by atoms with van der Waals surface area (Å²) < 4.78 is 5.48. The van der Waals surface area contributed by atoms with Crippen molar-refractivity contribution in [2.75, 3.05) is 46.4 Å². The maximum Gasteiger partial charge on any atom is 0.253 e. The first kappa shape index (κ1) is 20.6. The van der Waals surface area contributed by atoms with Crippen LogP contribution in [0.15, 0.2) is 29.3 Å². The largest absolute Gasteiger partial charge is 0.381 e. The van der Waals surface area contributed by atoms with Crippen LogP contribution in [0.3, 0.4) is 0 Å². The van der Waals surface area contributed by atoms with Crippen molar-refractivity contribution in [1.29, 1.82) is 0 Å². The van der Waals surface area contributed by atoms with Crippen LogP contribution in [0.1, 0.15) is 48.5 Å². The summed E-state index contributed by atoms with van der Waals surface area (Å²) in [5, 5.41) is 3.37. The first-order chi connectivity index (χ1) is 13.7. The molecule has 0 radical (unpaired) electrons. The van der Waals surface area contributed by atoms with Crippen LogP contribution in [0.5, 0.6) is 0 Å². The third-order valence-corrected chi connectivity index (χ3v) is 5.51. The van der Waals surface area contributed by atoms with E-state index in [1.807, 2.05) is 29.2 Å². The van der Waals surface area contributed by atoms with Gasteiger partial charge >= 0.3 is 0 Å². The van der Waals surface area contributed by atoms with Crippen LogP contribution >= 0.6 is 0 Å². The van der Waals surface area contributed by atoms with Gasteiger partial charge in [-0.1, -0.05) is 12.1 Å². The molecule has 1 amide bonds. The Morgan fingerprint density at radius 2 is 2.00 bits per heavy atom. The molecule has 0 aliphatic carbocycles. The number of guanidine groups is 1. The zero-order valence-corrected chi connectivity index (χ0v) is 17.3. The van der Waals surface area contributed by atoms with E-state index in [0.717, 1.165) is 75.7 Å². The van der Waals surface area contributed by atoms with Crippen molar-refractivity contribution in [2.24, 2.45) is 10.9 Å². The highest BCUT2D eigenvalue weighted by Gasteiger charge is 2.19. The van der Waals surface area contributed by atoms with Crippen LogP contribution in [0.25, 0.3) is 0 Å². The number of carbonyl (C=O) groups is 1. The summed E-state index contributed by atoms with van der Waals surface area (Å²) in [6.45, 7) is 7.97. The lowest BCUT2D eigenvalue weighted by Crippen LogP contribution is -2.41. The van der Waals surface area contributed by atoms with Gasteiger partial charge in [-0.2, -0.15) is 0 Å². The molecular weight excluding hydrogens is 352 g/mol. The second kappa shape index (κ2) is 10.5. The Labute approximate surface area is 168 Å². The summed E-state index contributed by atoms with van der Waals surface area (Å²) >= 11 is 0. The Hall–Kier alpha value is -2.08. The van der Waals surface area contributed by atoms with Crippen molar-refractivity contribution in [1.82, 2.24) is 15.1 Å². The normalized spacial score (nSPS) is 20.3. The number of carbonyl (C=O) groups excluding carboxylic acids is 1. The second-order valence-corrected chi connectivity index (χ2v) is 7.83. The summed E-state index contributed by atoms with van der Waals surface area (Å²) in [7, 11) is 2.08. The quantitative estimate of drug-likeness (QED) is 0.603. The maximum absolute atomic E-state index is 12.6. The van der Waals surface area contributed by atoms with Gasteiger partial charge in [0.15, 0.2) is 5.96 Å². The average molecular weight is 387 g/mol. The molecular formula is C22H34N4O2. The lowest BCUT2D eigenvalue weighted by molar-refractivity contribution is 0.0724. The molecule has 154 valence electrons. The van der Waals surface area contributed by atoms with E-state index in [4.69, 9.17) is 9.73 Å². The number of nitrogens with one attached hydrogen (secondary N) is 1. The molecule has 1 N–H and O–H groups in total. The molecule has 1 atom stereocenters. The average Bonchev–Trinajstić information content (AvgIpc) is 3.24. The van der Waals surface area contributed by atoms with Gasteiger partial charge in [0, 0.05) is 51.3 Å². The van der Waals surface area contributed by atoms with E-state index in [9.17, 15) is 4.79 Å². The van der Waals surface area contributed by atoms with Crippen molar-refractivity contribution in [3.8, 4) is 0 Å². The summed E-state index contributed by atoms with van der Waals surface area (Å²) in [5.41, 5.74) is 1.89. The van der Waals surface area contributed by atoms with Gasteiger partial charge in [0.25, 0.3) is 5.91 Å². The van der Waals surface area contributed by atoms with E-state index >= 15 is 0 Å². The molecule has 0 bridgehead atoms. The van der Waals surface area contributed by atoms with E-state index < -0.39 is 0 Å². The van der Waals surface area contributed by atoms with Crippen molar-refractivity contribution >= 4 is 11.9 Å². The first-order valence-corrected chi connectivity index (χ1v) is 10.6. The highest BCUT2D eigenvalue weighted by molar-refractivity contribution is 5.94. The van der Waals surface area contributed by atoms with Crippen molar-refractivity contribution < 1.29 is 9.53 Å². The molecule has 2 aliphatic rings. The van der Waals surface area contributed by atoms with Crippen LogP contribution in [0, 0.1) is 5.92 Å². The standard InChI is InChI=1S/C22H34N4O2/c1-3-23-22(25(2)16-19-11-14-28-17-19)24-15-18-7-9-20(10-8-18)21(27)26-12-5-4-6-13-26/h7-10,19H,3-6,11-17H2,1-2H3,(H,23,24). The van der Waals surface area contributed by atoms with Gasteiger partial charge in [0.1, 0.15) is 0 Å². The fourth-order valence-electron chi connectivity index (χ4n) is 3.87. The number of nitrogens with zero attached hydrogens (tertiary/aromatic N) is 3. The molecule has 6 nitrogen and oxygen atoms in total. The summed E-state index contributed by atoms with van der Waals surface area (Å²) in [6, 6.07) is 7.92. The number of rotatable bonds is 6. The molecule has 2 heterocycles. The predicted octanol–water partition coefficient (Wildman–Crippen LogP) is 2.75. The van der Waals surface area contributed by atoms with Gasteiger partial charge in [-0.25, -0.2) is 4.99 Å². The Balaban J connectivity index is 1.58. The molecule has 3 rings (SSSR count). The maximum atomic E-state index is 12.6. The zero-order chi connectivity index (χ0) is 19.8. The van der Waals surface area contributed by atoms with Crippen LogP contribution < -0.4 is 5.32 Å². The molecule has 2 saturated heterocycles. The summed E-state index contributed by atoms with van der Waals surface area (Å²) in [6.07, 6.45) is 4.59. The van der Waals surface area contributed by atoms with Crippen molar-refractivity contribution in [2.45, 2.75) is 39.2 Å². The Kier molecular flexibility index (Phi) is 7.71. The smallest absolute Gasteiger partial charge is 0.253 e. The van der Waals surface area contributed by atoms with Gasteiger partial charge in [0.05, 0.1) is 13.2 Å². The fourth-order valence-corrected chi connectivity index (χ4v) is 3.87. The number of aliphatic imine (C=N–C) groups is 1. The highest BCUT2D eigenvalue weighted by atomic mass is 16.5. The summed E-state index contributed by atoms with van der Waals surface area (Å²) in [5.74, 6) is 1.65. The minimum absolute atomic E-state index is 0.154. The van der Waals surface area contributed by atoms with Crippen LogP contribution in [0.2, 0.25) is 0 Å². The van der Waals surface area contributed by atoms with Gasteiger partial charge in [-0.05, 0) is 50.3 Å². The highest BCUT2D eigenvalue weighted by Crippen LogP contribution is 2.15. The molecule has 6 heteroatoms. The van der Waals surface area contributed by atoms with Gasteiger partial charge < -0.3 is 19.9 Å². The van der Waals surface area contributed by atoms with E-state index in [1.54, 1.807) is 0 Å². The number of hydrogen-bond acceptors (Lipinski definition) is 3. The number of amides is 1. The second-order valence-electron chi connectivity index (χ2n) is 7.83. The monoisotopic (exact) mass is 386 g/mol. The van der Waals surface area contributed by atoms with Crippen molar-refractivity contribution in [3.63, 3.8) is 0 Å². The SMILES string of the molecule is CCNC(=NCc1ccc(C(=O)N2CCCCC2)cc1)N(C)CC1CCOC1. The number of ether oxygens (including phenoxy) is 1. The lowest BCUT2D eigenvalue weighted by atomic mass is 10.1. The van der Waals surface area contributed by atoms with E-state index in [2.05, 4.69) is 24.2 Å². The van der Waals surface area contributed by atoms with E-state index in [1.165, 1.54) is 6.42 Å². The molecule has 2 fully saturated rings. The molecule has 28 heavy (non-hydrogen) atoms. The Morgan fingerprint density at radius 3 is 2.64 bits per heavy atom. The molecule has 0 saturated carbocycles. The van der Waals surface area contributed by atoms with Gasteiger partial charge in [-0.3, -0.25) is 4.79 Å². The third-order valence-electron chi connectivity index (χ3n) is 5.51. The van der Waals surface area contributed by atoms with Crippen molar-refractivity contribution in [3.05, 3.63) is 35.4 Å². The third kappa shape index (κ3) is 5.71. The molecule has 1 unspecified atom stereocenters. The first-order valence-electron chi connectivity index (χ1n) is 10.6. The molecule has 0 aromatic heterocycles. The fraction of sp³-hybridized carbons (Fsp3) is 0.636. The van der Waals surface area contributed by atoms with Crippen LogP contribution in [-0.2, 0) is 11.3 Å². The van der Waals surface area contributed by atoms with Crippen LogP contribution in [-0.4, -0.2) is 68.1 Å². The molecule has 1 aromatic carbocycles. The van der Waals surface area contributed by atoms with Gasteiger partial charge in [-0.15, -0.1) is 0 Å². The molecule has 1 aromatic rings. The predicted molar refractivity (Wildman–Crippen MR) is 113 cm³/mol. The number of likely N-dealkylation sites (tertiary alicyclic amines) is 1. The number of hydrogen-bond donors (Lipinski definition) is 1. The van der Waals surface area contributed by atoms with Crippen LogP contribution in [0.4, 0.5) is 0 Å². The summed E-state index contributed by atoms with van der Waals surface area (Å²) in [4.78, 5) is 21.5. The lowest BCUT2D eigenvalue weighted by Gasteiger charge is -2.26. The number of piperidine rings is 1. The zero-order valence-electron chi connectivity index (χ0n) is 17.3.